The zero-order chi connectivity index (χ0) is 17.1. The van der Waals surface area contributed by atoms with Gasteiger partial charge in [0.05, 0.1) is 0 Å². The highest BCUT2D eigenvalue weighted by atomic mass is 16.2. The van der Waals surface area contributed by atoms with Gasteiger partial charge >= 0.3 is 0 Å². The zero-order valence-electron chi connectivity index (χ0n) is 13.9. The molecule has 1 fully saturated rings. The summed E-state index contributed by atoms with van der Waals surface area (Å²) < 4.78 is 0. The van der Waals surface area contributed by atoms with Crippen LogP contribution in [0.4, 0.5) is 0 Å². The van der Waals surface area contributed by atoms with Gasteiger partial charge in [0, 0.05) is 30.3 Å². The number of benzene rings is 2. The van der Waals surface area contributed by atoms with Crippen LogP contribution in [0.25, 0.3) is 11.1 Å². The van der Waals surface area contributed by atoms with Crippen LogP contribution < -0.4 is 5.73 Å². The van der Waals surface area contributed by atoms with Crippen LogP contribution in [0.2, 0.25) is 0 Å². The molecule has 1 aliphatic heterocycles. The maximum atomic E-state index is 12.8. The lowest BCUT2D eigenvalue weighted by Crippen LogP contribution is -2.45. The summed E-state index contributed by atoms with van der Waals surface area (Å²) in [5, 5.41) is 0. The second-order valence-corrected chi connectivity index (χ2v) is 6.34. The SMILES string of the molecule is CC(=O)c1ccccc1-c1cccc(C(=O)N2CCCC(N)C2)c1. The fraction of sp³-hybridized carbons (Fsp3) is 0.300. The van der Waals surface area contributed by atoms with Gasteiger partial charge in [-0.3, -0.25) is 9.59 Å². The summed E-state index contributed by atoms with van der Waals surface area (Å²) in [7, 11) is 0. The van der Waals surface area contributed by atoms with E-state index in [1.54, 1.807) is 6.92 Å². The van der Waals surface area contributed by atoms with Gasteiger partial charge in [-0.2, -0.15) is 0 Å². The van der Waals surface area contributed by atoms with E-state index in [0.717, 1.165) is 30.5 Å². The molecule has 0 aliphatic carbocycles. The Labute approximate surface area is 142 Å². The van der Waals surface area contributed by atoms with Gasteiger partial charge in [-0.25, -0.2) is 0 Å². The summed E-state index contributed by atoms with van der Waals surface area (Å²) >= 11 is 0. The van der Waals surface area contributed by atoms with Crippen molar-refractivity contribution < 1.29 is 9.59 Å². The van der Waals surface area contributed by atoms with Crippen LogP contribution in [0.5, 0.6) is 0 Å². The number of carbonyl (C=O) groups is 2. The van der Waals surface area contributed by atoms with E-state index in [0.29, 0.717) is 17.7 Å². The molecule has 0 spiro atoms. The fourth-order valence-electron chi connectivity index (χ4n) is 3.24. The van der Waals surface area contributed by atoms with Crippen molar-refractivity contribution >= 4 is 11.7 Å². The van der Waals surface area contributed by atoms with Gasteiger partial charge < -0.3 is 10.6 Å². The largest absolute Gasteiger partial charge is 0.337 e. The zero-order valence-corrected chi connectivity index (χ0v) is 13.9. The molecule has 0 saturated carbocycles. The standard InChI is InChI=1S/C20H22N2O2/c1-14(23)18-9-2-3-10-19(18)15-6-4-7-16(12-15)20(24)22-11-5-8-17(21)13-22/h2-4,6-7,9-10,12,17H,5,8,11,13,21H2,1H3. The number of likely N-dealkylation sites (tertiary alicyclic amines) is 1. The number of ketones is 1. The molecule has 1 aliphatic rings. The molecule has 2 aromatic carbocycles. The first-order valence-electron chi connectivity index (χ1n) is 8.31. The lowest BCUT2D eigenvalue weighted by Gasteiger charge is -2.31. The molecule has 0 aromatic heterocycles. The summed E-state index contributed by atoms with van der Waals surface area (Å²) in [4.78, 5) is 26.4. The molecule has 2 N–H and O–H groups in total. The van der Waals surface area contributed by atoms with E-state index >= 15 is 0 Å². The van der Waals surface area contributed by atoms with Crippen molar-refractivity contribution in [2.75, 3.05) is 13.1 Å². The Hall–Kier alpha value is -2.46. The molecular weight excluding hydrogens is 300 g/mol. The van der Waals surface area contributed by atoms with Gasteiger partial charge in [0.15, 0.2) is 5.78 Å². The summed E-state index contributed by atoms with van der Waals surface area (Å²) in [6.07, 6.45) is 1.91. The number of carbonyl (C=O) groups excluding carboxylic acids is 2. The quantitative estimate of drug-likeness (QED) is 0.883. The van der Waals surface area contributed by atoms with Gasteiger partial charge in [-0.15, -0.1) is 0 Å². The molecule has 124 valence electrons. The molecule has 0 radical (unpaired) electrons. The second kappa shape index (κ2) is 6.97. The normalized spacial score (nSPS) is 17.6. The fourth-order valence-corrected chi connectivity index (χ4v) is 3.24. The molecule has 1 atom stereocenters. The predicted octanol–water partition coefficient (Wildman–Crippen LogP) is 3.12. The van der Waals surface area contributed by atoms with Crippen LogP contribution in [0, 0.1) is 0 Å². The molecule has 0 bridgehead atoms. The van der Waals surface area contributed by atoms with E-state index in [4.69, 9.17) is 5.73 Å². The Morgan fingerprint density at radius 2 is 1.92 bits per heavy atom. The number of hydrogen-bond donors (Lipinski definition) is 1. The minimum Gasteiger partial charge on any atom is -0.337 e. The average Bonchev–Trinajstić information content (AvgIpc) is 2.61. The summed E-state index contributed by atoms with van der Waals surface area (Å²) in [5.74, 6) is 0.0247. The first-order valence-corrected chi connectivity index (χ1v) is 8.31. The molecule has 2 aromatic rings. The number of hydrogen-bond acceptors (Lipinski definition) is 3. The number of rotatable bonds is 3. The van der Waals surface area contributed by atoms with Crippen LogP contribution in [0.1, 0.15) is 40.5 Å². The Balaban J connectivity index is 1.92. The lowest BCUT2D eigenvalue weighted by molar-refractivity contribution is 0.0708. The van der Waals surface area contributed by atoms with E-state index in [9.17, 15) is 9.59 Å². The molecule has 4 nitrogen and oxygen atoms in total. The Morgan fingerprint density at radius 1 is 1.12 bits per heavy atom. The average molecular weight is 322 g/mol. The second-order valence-electron chi connectivity index (χ2n) is 6.34. The van der Waals surface area contributed by atoms with Crippen molar-refractivity contribution in [3.8, 4) is 11.1 Å². The third-order valence-corrected chi connectivity index (χ3v) is 4.47. The van der Waals surface area contributed by atoms with Crippen molar-refractivity contribution in [2.45, 2.75) is 25.8 Å². The Kier molecular flexibility index (Phi) is 4.76. The molecule has 4 heteroatoms. The minimum atomic E-state index is 0.00676. The molecule has 1 heterocycles. The molecule has 3 rings (SSSR count). The highest BCUT2D eigenvalue weighted by molar-refractivity contribution is 6.02. The van der Waals surface area contributed by atoms with E-state index in [-0.39, 0.29) is 17.7 Å². The highest BCUT2D eigenvalue weighted by Crippen LogP contribution is 2.25. The van der Waals surface area contributed by atoms with Crippen LogP contribution in [0.15, 0.2) is 48.5 Å². The van der Waals surface area contributed by atoms with Crippen molar-refractivity contribution in [1.29, 1.82) is 0 Å². The van der Waals surface area contributed by atoms with Gasteiger partial charge in [0.2, 0.25) is 0 Å². The molecular formula is C20H22N2O2. The van der Waals surface area contributed by atoms with Crippen LogP contribution in [-0.2, 0) is 0 Å². The van der Waals surface area contributed by atoms with Gasteiger partial charge in [-0.05, 0) is 43.0 Å². The predicted molar refractivity (Wildman–Crippen MR) is 95.0 cm³/mol. The molecule has 1 amide bonds. The molecule has 24 heavy (non-hydrogen) atoms. The van der Waals surface area contributed by atoms with Gasteiger partial charge in [-0.1, -0.05) is 36.4 Å². The van der Waals surface area contributed by atoms with E-state index in [1.165, 1.54) is 0 Å². The summed E-state index contributed by atoms with van der Waals surface area (Å²) in [5.41, 5.74) is 9.03. The summed E-state index contributed by atoms with van der Waals surface area (Å²) in [6, 6.07) is 15.0. The smallest absolute Gasteiger partial charge is 0.253 e. The van der Waals surface area contributed by atoms with Crippen molar-refractivity contribution in [3.63, 3.8) is 0 Å². The third-order valence-electron chi connectivity index (χ3n) is 4.47. The topological polar surface area (TPSA) is 63.4 Å². The monoisotopic (exact) mass is 322 g/mol. The first-order chi connectivity index (χ1) is 11.6. The number of piperidine rings is 1. The van der Waals surface area contributed by atoms with Crippen LogP contribution >= 0.6 is 0 Å². The van der Waals surface area contributed by atoms with Gasteiger partial charge in [0.25, 0.3) is 5.91 Å². The van der Waals surface area contributed by atoms with Gasteiger partial charge in [0.1, 0.15) is 0 Å². The van der Waals surface area contributed by atoms with Crippen LogP contribution in [0.3, 0.4) is 0 Å². The number of amides is 1. The molecule has 1 saturated heterocycles. The first kappa shape index (κ1) is 16.4. The maximum absolute atomic E-state index is 12.8. The third kappa shape index (κ3) is 3.39. The number of nitrogens with zero attached hydrogens (tertiary/aromatic N) is 1. The van der Waals surface area contributed by atoms with E-state index in [1.807, 2.05) is 53.4 Å². The highest BCUT2D eigenvalue weighted by Gasteiger charge is 2.22. The van der Waals surface area contributed by atoms with Crippen LogP contribution in [-0.4, -0.2) is 35.7 Å². The lowest BCUT2D eigenvalue weighted by atomic mass is 9.96. The molecule has 1 unspecified atom stereocenters. The van der Waals surface area contributed by atoms with Crippen molar-refractivity contribution in [1.82, 2.24) is 4.90 Å². The summed E-state index contributed by atoms with van der Waals surface area (Å²) in [6.45, 7) is 2.91. The van der Waals surface area contributed by atoms with Crippen molar-refractivity contribution in [2.24, 2.45) is 5.73 Å². The Morgan fingerprint density at radius 3 is 2.67 bits per heavy atom. The Bertz CT molecular complexity index is 770. The van der Waals surface area contributed by atoms with Crippen molar-refractivity contribution in [3.05, 3.63) is 59.7 Å². The number of Topliss-reactive ketones (excluding diaryl/α,β-unsaturated/α-hetero) is 1. The van der Waals surface area contributed by atoms with E-state index < -0.39 is 0 Å². The minimum absolute atomic E-state index is 0.00676. The van der Waals surface area contributed by atoms with E-state index in [2.05, 4.69) is 0 Å². The number of nitrogens with two attached hydrogens (primary N) is 1. The maximum Gasteiger partial charge on any atom is 0.253 e.